The van der Waals surface area contributed by atoms with Crippen LogP contribution < -0.4 is 0 Å². The Labute approximate surface area is 155 Å². The normalized spacial score (nSPS) is 16.2. The SMILES string of the molecule is COCCCN(C)C(=O)C1CCN(S(=O)(=O)c2ccc(C#N)cc2)CC1. The zero-order valence-electron chi connectivity index (χ0n) is 15.2. The van der Waals surface area contributed by atoms with Crippen LogP contribution in [0.25, 0.3) is 0 Å². The number of carbonyl (C=O) groups excluding carboxylic acids is 1. The fourth-order valence-corrected chi connectivity index (χ4v) is 4.53. The first kappa shape index (κ1) is 20.4. The summed E-state index contributed by atoms with van der Waals surface area (Å²) in [6.45, 7) is 1.89. The first-order valence-corrected chi connectivity index (χ1v) is 10.1. The Bertz CT molecular complexity index is 748. The Morgan fingerprint density at radius 1 is 1.31 bits per heavy atom. The van der Waals surface area contributed by atoms with E-state index in [-0.39, 0.29) is 16.7 Å². The van der Waals surface area contributed by atoms with Crippen molar-refractivity contribution in [3.63, 3.8) is 0 Å². The van der Waals surface area contributed by atoms with Gasteiger partial charge in [-0.3, -0.25) is 4.79 Å². The lowest BCUT2D eigenvalue weighted by Crippen LogP contribution is -2.43. The molecular weight excluding hydrogens is 354 g/mol. The van der Waals surface area contributed by atoms with E-state index < -0.39 is 10.0 Å². The van der Waals surface area contributed by atoms with Gasteiger partial charge in [0.2, 0.25) is 15.9 Å². The van der Waals surface area contributed by atoms with Crippen LogP contribution in [0.2, 0.25) is 0 Å². The van der Waals surface area contributed by atoms with Gasteiger partial charge in [0.15, 0.2) is 0 Å². The first-order chi connectivity index (χ1) is 12.4. The highest BCUT2D eigenvalue weighted by Gasteiger charge is 2.33. The van der Waals surface area contributed by atoms with E-state index in [1.54, 1.807) is 19.1 Å². The molecule has 1 fully saturated rings. The van der Waals surface area contributed by atoms with Gasteiger partial charge in [-0.1, -0.05) is 0 Å². The highest BCUT2D eigenvalue weighted by atomic mass is 32.2. The van der Waals surface area contributed by atoms with Crippen molar-refractivity contribution in [1.82, 2.24) is 9.21 Å². The molecule has 1 aliphatic heterocycles. The highest BCUT2D eigenvalue weighted by molar-refractivity contribution is 7.89. The lowest BCUT2D eigenvalue weighted by Gasteiger charge is -2.32. The fourth-order valence-electron chi connectivity index (χ4n) is 3.06. The molecule has 0 spiro atoms. The maximum Gasteiger partial charge on any atom is 0.243 e. The summed E-state index contributed by atoms with van der Waals surface area (Å²) >= 11 is 0. The Morgan fingerprint density at radius 2 is 1.92 bits per heavy atom. The van der Waals surface area contributed by atoms with E-state index in [1.807, 2.05) is 6.07 Å². The molecule has 2 rings (SSSR count). The second-order valence-electron chi connectivity index (χ2n) is 6.42. The van der Waals surface area contributed by atoms with Crippen LogP contribution in [0.15, 0.2) is 29.2 Å². The fraction of sp³-hybridized carbons (Fsp3) is 0.556. The van der Waals surface area contributed by atoms with Crippen molar-refractivity contribution in [2.45, 2.75) is 24.2 Å². The lowest BCUT2D eigenvalue weighted by molar-refractivity contribution is -0.135. The maximum absolute atomic E-state index is 12.7. The summed E-state index contributed by atoms with van der Waals surface area (Å²) in [5, 5.41) is 8.82. The molecule has 1 aliphatic rings. The second-order valence-corrected chi connectivity index (χ2v) is 8.36. The van der Waals surface area contributed by atoms with Crippen LogP contribution >= 0.6 is 0 Å². The van der Waals surface area contributed by atoms with Gasteiger partial charge in [-0.15, -0.1) is 0 Å². The highest BCUT2D eigenvalue weighted by Crippen LogP contribution is 2.25. The summed E-state index contributed by atoms with van der Waals surface area (Å²) in [4.78, 5) is 14.4. The minimum absolute atomic E-state index is 0.0662. The molecule has 7 nitrogen and oxygen atoms in total. The van der Waals surface area contributed by atoms with Crippen molar-refractivity contribution in [1.29, 1.82) is 5.26 Å². The van der Waals surface area contributed by atoms with E-state index in [1.165, 1.54) is 28.6 Å². The smallest absolute Gasteiger partial charge is 0.243 e. The molecule has 0 radical (unpaired) electrons. The average Bonchev–Trinajstić information content (AvgIpc) is 2.67. The number of sulfonamides is 1. The Kier molecular flexibility index (Phi) is 7.14. The van der Waals surface area contributed by atoms with Crippen molar-refractivity contribution in [3.05, 3.63) is 29.8 Å². The Balaban J connectivity index is 1.94. The molecule has 1 saturated heterocycles. The number of hydrogen-bond donors (Lipinski definition) is 0. The van der Waals surface area contributed by atoms with E-state index >= 15 is 0 Å². The van der Waals surface area contributed by atoms with Crippen LogP contribution in [0.4, 0.5) is 0 Å². The molecule has 1 aromatic carbocycles. The third-order valence-electron chi connectivity index (χ3n) is 4.64. The summed E-state index contributed by atoms with van der Waals surface area (Å²) < 4.78 is 31.8. The van der Waals surface area contributed by atoms with Crippen molar-refractivity contribution in [2.24, 2.45) is 5.92 Å². The molecule has 1 heterocycles. The van der Waals surface area contributed by atoms with Gasteiger partial charge in [0.05, 0.1) is 16.5 Å². The number of piperidine rings is 1. The van der Waals surface area contributed by atoms with Crippen LogP contribution in [0.1, 0.15) is 24.8 Å². The van der Waals surface area contributed by atoms with Crippen molar-refractivity contribution < 1.29 is 17.9 Å². The molecule has 0 aromatic heterocycles. The predicted octanol–water partition coefficient (Wildman–Crippen LogP) is 1.45. The minimum atomic E-state index is -3.59. The van der Waals surface area contributed by atoms with E-state index in [0.29, 0.717) is 44.6 Å². The molecule has 0 atom stereocenters. The molecule has 0 bridgehead atoms. The monoisotopic (exact) mass is 379 g/mol. The number of ether oxygens (including phenoxy) is 1. The first-order valence-electron chi connectivity index (χ1n) is 8.64. The van der Waals surface area contributed by atoms with Crippen molar-refractivity contribution in [3.8, 4) is 6.07 Å². The van der Waals surface area contributed by atoms with Gasteiger partial charge in [-0.2, -0.15) is 9.57 Å². The largest absolute Gasteiger partial charge is 0.385 e. The summed E-state index contributed by atoms with van der Waals surface area (Å²) in [5.41, 5.74) is 0.421. The third-order valence-corrected chi connectivity index (χ3v) is 6.56. The van der Waals surface area contributed by atoms with Gasteiger partial charge in [0.25, 0.3) is 0 Å². The lowest BCUT2D eigenvalue weighted by atomic mass is 9.96. The van der Waals surface area contributed by atoms with Gasteiger partial charge >= 0.3 is 0 Å². The summed E-state index contributed by atoms with van der Waals surface area (Å²) in [6.07, 6.45) is 1.82. The van der Waals surface area contributed by atoms with Crippen molar-refractivity contribution >= 4 is 15.9 Å². The molecule has 1 amide bonds. The van der Waals surface area contributed by atoms with E-state index in [9.17, 15) is 13.2 Å². The summed E-state index contributed by atoms with van der Waals surface area (Å²) in [6, 6.07) is 7.88. The van der Waals surface area contributed by atoms with E-state index in [4.69, 9.17) is 10.00 Å². The van der Waals surface area contributed by atoms with Crippen molar-refractivity contribution in [2.75, 3.05) is 40.4 Å². The number of hydrogen-bond acceptors (Lipinski definition) is 5. The molecule has 26 heavy (non-hydrogen) atoms. The minimum Gasteiger partial charge on any atom is -0.385 e. The quantitative estimate of drug-likeness (QED) is 0.669. The molecular formula is C18H25N3O4S. The molecule has 1 aromatic rings. The summed E-state index contributed by atoms with van der Waals surface area (Å²) in [7, 11) is -0.185. The van der Waals surface area contributed by atoms with E-state index in [0.717, 1.165) is 6.42 Å². The van der Waals surface area contributed by atoms with Crippen LogP contribution in [-0.4, -0.2) is 63.9 Å². The Hall–Kier alpha value is -1.95. The van der Waals surface area contributed by atoms with Gasteiger partial charge in [0, 0.05) is 46.3 Å². The maximum atomic E-state index is 12.7. The van der Waals surface area contributed by atoms with Crippen LogP contribution in [0.5, 0.6) is 0 Å². The van der Waals surface area contributed by atoms with Gasteiger partial charge in [-0.25, -0.2) is 8.42 Å². The molecule has 0 unspecified atom stereocenters. The molecule has 0 N–H and O–H groups in total. The topological polar surface area (TPSA) is 90.7 Å². The number of methoxy groups -OCH3 is 1. The van der Waals surface area contributed by atoms with Gasteiger partial charge < -0.3 is 9.64 Å². The third kappa shape index (κ3) is 4.81. The standard InChI is InChI=1S/C18H25N3O4S/c1-20(10-3-13-25-2)18(22)16-8-11-21(12-9-16)26(23,24)17-6-4-15(14-19)5-7-17/h4-7,16H,3,8-13H2,1-2H3. The number of benzene rings is 1. The number of rotatable bonds is 7. The van der Waals surface area contributed by atoms with Crippen LogP contribution in [0, 0.1) is 17.2 Å². The second kappa shape index (κ2) is 9.12. The van der Waals surface area contributed by atoms with Crippen LogP contribution in [0.3, 0.4) is 0 Å². The summed E-state index contributed by atoms with van der Waals surface area (Å²) in [5.74, 6) is -0.0773. The average molecular weight is 379 g/mol. The zero-order valence-corrected chi connectivity index (χ0v) is 16.0. The predicted molar refractivity (Wildman–Crippen MR) is 96.8 cm³/mol. The number of carbonyl (C=O) groups is 1. The molecule has 142 valence electrons. The van der Waals surface area contributed by atoms with Gasteiger partial charge in [0.1, 0.15) is 0 Å². The molecule has 8 heteroatoms. The number of nitrogens with zero attached hydrogens (tertiary/aromatic N) is 3. The molecule has 0 saturated carbocycles. The van der Waals surface area contributed by atoms with Crippen LogP contribution in [-0.2, 0) is 19.6 Å². The number of amides is 1. The Morgan fingerprint density at radius 3 is 2.46 bits per heavy atom. The van der Waals surface area contributed by atoms with Gasteiger partial charge in [-0.05, 0) is 43.5 Å². The number of nitriles is 1. The molecule has 0 aliphatic carbocycles. The zero-order chi connectivity index (χ0) is 19.2. The van der Waals surface area contributed by atoms with E-state index in [2.05, 4.69) is 0 Å².